The molecule has 1 saturated heterocycles. The number of ether oxygens (including phenoxy) is 1. The van der Waals surface area contributed by atoms with Gasteiger partial charge in [0.25, 0.3) is 0 Å². The van der Waals surface area contributed by atoms with Crippen LogP contribution in [0, 0.1) is 0 Å². The van der Waals surface area contributed by atoms with Crippen molar-refractivity contribution in [2.45, 2.75) is 25.2 Å². The van der Waals surface area contributed by atoms with Crippen LogP contribution < -0.4 is 10.5 Å². The first-order chi connectivity index (χ1) is 11.1. The van der Waals surface area contributed by atoms with Crippen molar-refractivity contribution < 1.29 is 18.3 Å². The number of hydrogen-bond acceptors (Lipinski definition) is 5. The minimum atomic E-state index is -1.05. The number of rotatable bonds is 5. The second kappa shape index (κ2) is 6.37. The third kappa shape index (κ3) is 3.34. The highest BCUT2D eigenvalue weighted by atomic mass is 19.1. The van der Waals surface area contributed by atoms with Gasteiger partial charge in [-0.2, -0.15) is 0 Å². The van der Waals surface area contributed by atoms with Crippen LogP contribution in [0.5, 0.6) is 5.75 Å². The fourth-order valence-corrected chi connectivity index (χ4v) is 2.76. The van der Waals surface area contributed by atoms with Crippen LogP contribution in [-0.4, -0.2) is 41.7 Å². The zero-order valence-corrected chi connectivity index (χ0v) is 12.7. The summed E-state index contributed by atoms with van der Waals surface area (Å²) in [6.07, 6.45) is 0.685. The molecule has 2 aromatic rings. The maximum atomic E-state index is 13.5. The molecule has 1 aliphatic rings. The lowest BCUT2D eigenvalue weighted by atomic mass is 10.2. The molecule has 0 bridgehead atoms. The van der Waals surface area contributed by atoms with E-state index in [0.717, 1.165) is 11.3 Å². The number of nitrogens with zero attached hydrogens (tertiary/aromatic N) is 2. The lowest BCUT2D eigenvalue weighted by Crippen LogP contribution is -2.39. The van der Waals surface area contributed by atoms with E-state index in [4.69, 9.17) is 14.9 Å². The topological polar surface area (TPSA) is 81.6 Å². The fraction of sp³-hybridized carbons (Fsp3) is 0.375. The summed E-state index contributed by atoms with van der Waals surface area (Å²) in [6, 6.07) is 6.77. The quantitative estimate of drug-likeness (QED) is 0.908. The first-order valence-corrected chi connectivity index (χ1v) is 7.33. The number of carbonyl (C=O) groups excluding carboxylic acids is 1. The summed E-state index contributed by atoms with van der Waals surface area (Å²) < 4.78 is 24.3. The summed E-state index contributed by atoms with van der Waals surface area (Å²) >= 11 is 0. The van der Waals surface area contributed by atoms with Crippen LogP contribution in [0.15, 0.2) is 34.9 Å². The van der Waals surface area contributed by atoms with Gasteiger partial charge in [-0.3, -0.25) is 9.69 Å². The number of oxazole rings is 1. The number of primary amides is 1. The molecule has 1 aromatic carbocycles. The lowest BCUT2D eigenvalue weighted by molar-refractivity contribution is -0.122. The van der Waals surface area contributed by atoms with Gasteiger partial charge in [0.05, 0.1) is 25.9 Å². The van der Waals surface area contributed by atoms with Gasteiger partial charge in [-0.1, -0.05) is 0 Å². The van der Waals surface area contributed by atoms with Gasteiger partial charge in [-0.25, -0.2) is 9.37 Å². The molecule has 1 fully saturated rings. The number of methoxy groups -OCH3 is 1. The summed E-state index contributed by atoms with van der Waals surface area (Å²) in [5.41, 5.74) is 6.18. The number of alkyl halides is 1. The Morgan fingerprint density at radius 1 is 1.48 bits per heavy atom. The molecule has 1 aromatic heterocycles. The summed E-state index contributed by atoms with van der Waals surface area (Å²) in [7, 11) is 1.60. The third-order valence-corrected chi connectivity index (χ3v) is 3.95. The highest BCUT2D eigenvalue weighted by Crippen LogP contribution is 2.26. The largest absolute Gasteiger partial charge is 0.497 e. The number of carbonyl (C=O) groups is 1. The van der Waals surface area contributed by atoms with E-state index < -0.39 is 18.1 Å². The van der Waals surface area contributed by atoms with Crippen molar-refractivity contribution in [3.05, 3.63) is 36.4 Å². The molecular formula is C16H18FN3O3. The van der Waals surface area contributed by atoms with Crippen molar-refractivity contribution in [1.82, 2.24) is 9.88 Å². The van der Waals surface area contributed by atoms with Crippen molar-refractivity contribution in [2.75, 3.05) is 13.7 Å². The zero-order chi connectivity index (χ0) is 16.4. The van der Waals surface area contributed by atoms with Gasteiger partial charge in [-0.05, 0) is 24.3 Å². The summed E-state index contributed by atoms with van der Waals surface area (Å²) in [4.78, 5) is 17.3. The summed E-state index contributed by atoms with van der Waals surface area (Å²) in [5, 5.41) is 0. The summed E-state index contributed by atoms with van der Waals surface area (Å²) in [5.74, 6) is 1.27. The predicted molar refractivity (Wildman–Crippen MR) is 81.4 cm³/mol. The zero-order valence-electron chi connectivity index (χ0n) is 12.7. The van der Waals surface area contributed by atoms with Crippen molar-refractivity contribution in [3.8, 4) is 17.1 Å². The monoisotopic (exact) mass is 319 g/mol. The molecule has 3 rings (SSSR count). The molecule has 0 spiro atoms. The SMILES string of the molecule is COc1ccc(-c2cnc(CN3C[C@H](F)C[C@H]3C(N)=O)o2)cc1. The Bertz CT molecular complexity index is 686. The van der Waals surface area contributed by atoms with E-state index in [0.29, 0.717) is 11.7 Å². The predicted octanol–water partition coefficient (Wildman–Crippen LogP) is 1.75. The van der Waals surface area contributed by atoms with Gasteiger partial charge >= 0.3 is 0 Å². The Kier molecular flexibility index (Phi) is 4.29. The van der Waals surface area contributed by atoms with E-state index in [9.17, 15) is 9.18 Å². The first-order valence-electron chi connectivity index (χ1n) is 7.33. The summed E-state index contributed by atoms with van der Waals surface area (Å²) in [6.45, 7) is 0.415. The maximum Gasteiger partial charge on any atom is 0.234 e. The van der Waals surface area contributed by atoms with Gasteiger partial charge < -0.3 is 14.9 Å². The van der Waals surface area contributed by atoms with E-state index in [1.807, 2.05) is 24.3 Å². The van der Waals surface area contributed by atoms with Crippen LogP contribution in [0.4, 0.5) is 4.39 Å². The number of amides is 1. The standard InChI is InChI=1S/C16H18FN3O3/c1-22-12-4-2-10(3-5-12)14-7-19-15(23-14)9-20-8-11(17)6-13(20)16(18)21/h2-5,7,11,13H,6,8-9H2,1H3,(H2,18,21)/t11-,13+/m1/s1. The molecule has 7 heteroatoms. The highest BCUT2D eigenvalue weighted by Gasteiger charge is 2.36. The number of benzene rings is 1. The van der Waals surface area contributed by atoms with E-state index >= 15 is 0 Å². The number of nitrogens with two attached hydrogens (primary N) is 1. The molecule has 1 aliphatic heterocycles. The lowest BCUT2D eigenvalue weighted by Gasteiger charge is -2.19. The van der Waals surface area contributed by atoms with Crippen LogP contribution >= 0.6 is 0 Å². The Morgan fingerprint density at radius 2 is 2.22 bits per heavy atom. The van der Waals surface area contributed by atoms with Crippen molar-refractivity contribution in [2.24, 2.45) is 5.73 Å². The molecular weight excluding hydrogens is 301 g/mol. The van der Waals surface area contributed by atoms with Crippen molar-refractivity contribution >= 4 is 5.91 Å². The molecule has 2 N–H and O–H groups in total. The molecule has 0 aliphatic carbocycles. The second-order valence-corrected chi connectivity index (χ2v) is 5.53. The Labute approximate surface area is 133 Å². The Morgan fingerprint density at radius 3 is 2.87 bits per heavy atom. The van der Waals surface area contributed by atoms with E-state index in [1.54, 1.807) is 18.2 Å². The molecule has 2 heterocycles. The number of hydrogen-bond donors (Lipinski definition) is 1. The van der Waals surface area contributed by atoms with E-state index in [1.165, 1.54) is 0 Å². The van der Waals surface area contributed by atoms with Crippen molar-refractivity contribution in [1.29, 1.82) is 0 Å². The van der Waals surface area contributed by atoms with Gasteiger partial charge in [0.2, 0.25) is 11.8 Å². The number of halogens is 1. The molecule has 122 valence electrons. The Balaban J connectivity index is 1.72. The second-order valence-electron chi connectivity index (χ2n) is 5.53. The first kappa shape index (κ1) is 15.5. The molecule has 23 heavy (non-hydrogen) atoms. The van der Waals surface area contributed by atoms with Gasteiger partial charge in [0.15, 0.2) is 5.76 Å². The van der Waals surface area contributed by atoms with Gasteiger partial charge in [-0.15, -0.1) is 0 Å². The Hall–Kier alpha value is -2.41. The minimum absolute atomic E-state index is 0.126. The molecule has 2 atom stereocenters. The van der Waals surface area contributed by atoms with Crippen LogP contribution in [0.3, 0.4) is 0 Å². The molecule has 0 radical (unpaired) electrons. The fourth-order valence-electron chi connectivity index (χ4n) is 2.76. The van der Waals surface area contributed by atoms with Crippen LogP contribution in [0.25, 0.3) is 11.3 Å². The highest BCUT2D eigenvalue weighted by molar-refractivity contribution is 5.80. The van der Waals surface area contributed by atoms with Crippen LogP contribution in [-0.2, 0) is 11.3 Å². The molecule has 0 unspecified atom stereocenters. The van der Waals surface area contributed by atoms with Gasteiger partial charge in [0.1, 0.15) is 11.9 Å². The third-order valence-electron chi connectivity index (χ3n) is 3.95. The van der Waals surface area contributed by atoms with E-state index in [-0.39, 0.29) is 19.5 Å². The van der Waals surface area contributed by atoms with E-state index in [2.05, 4.69) is 4.98 Å². The van der Waals surface area contributed by atoms with Crippen molar-refractivity contribution in [3.63, 3.8) is 0 Å². The number of likely N-dealkylation sites (tertiary alicyclic amines) is 1. The smallest absolute Gasteiger partial charge is 0.234 e. The van der Waals surface area contributed by atoms with Gasteiger partial charge in [0, 0.05) is 18.5 Å². The molecule has 0 saturated carbocycles. The van der Waals surface area contributed by atoms with Crippen LogP contribution in [0.2, 0.25) is 0 Å². The minimum Gasteiger partial charge on any atom is -0.497 e. The maximum absolute atomic E-state index is 13.5. The average molecular weight is 319 g/mol. The van der Waals surface area contributed by atoms with Crippen LogP contribution in [0.1, 0.15) is 12.3 Å². The molecule has 6 nitrogen and oxygen atoms in total. The molecule has 1 amide bonds. The average Bonchev–Trinajstić information content (AvgIpc) is 3.14. The number of aromatic nitrogens is 1. The normalized spacial score (nSPS) is 21.5.